The third-order valence-electron chi connectivity index (χ3n) is 8.90. The fourth-order valence-corrected chi connectivity index (χ4v) is 10.5. The first-order chi connectivity index (χ1) is 22.7. The SMILES string of the molecule is CO[C@H]1O[C@H]([Si](C)(c2ccccc2)c2ccccc2)[C@@H](OCc2ccccc2)[C@H](OCc2ccccc2)[C@H]1OCc1ccccc1. The predicted octanol–water partition coefficient (Wildman–Crippen LogP) is 6.55. The molecule has 1 saturated heterocycles. The minimum absolute atomic E-state index is 0.358. The molecular formula is C40H42O5Si. The molecule has 1 aliphatic heterocycles. The Bertz CT molecular complexity index is 1550. The minimum atomic E-state index is -2.69. The van der Waals surface area contributed by atoms with Gasteiger partial charge in [-0.05, 0) is 16.7 Å². The Balaban J connectivity index is 1.44. The summed E-state index contributed by atoms with van der Waals surface area (Å²) in [5.74, 6) is 0. The number of ether oxygens (including phenoxy) is 5. The molecule has 1 heterocycles. The van der Waals surface area contributed by atoms with Crippen molar-refractivity contribution in [3.8, 4) is 0 Å². The van der Waals surface area contributed by atoms with Gasteiger partial charge in [0.1, 0.15) is 26.4 Å². The standard InChI is InChI=1S/C40H42O5Si/c1-41-39-37(43-29-32-20-10-4-11-21-32)36(42-28-31-18-8-3-9-19-31)38(44-30-33-22-12-5-13-23-33)40(45-39)46(2,34-24-14-6-15-25-34)35-26-16-7-17-27-35/h3-27,36-40H,28-30H2,1-2H3/t36-,37-,38+,39+,40-/m1/s1. The van der Waals surface area contributed by atoms with E-state index in [1.165, 1.54) is 10.4 Å². The monoisotopic (exact) mass is 630 g/mol. The molecule has 1 fully saturated rings. The first kappa shape index (κ1) is 32.1. The average molecular weight is 631 g/mol. The van der Waals surface area contributed by atoms with Crippen LogP contribution in [0.2, 0.25) is 6.55 Å². The van der Waals surface area contributed by atoms with Crippen LogP contribution in [0.4, 0.5) is 0 Å². The Morgan fingerprint density at radius 3 is 1.22 bits per heavy atom. The van der Waals surface area contributed by atoms with Crippen molar-refractivity contribution < 1.29 is 23.7 Å². The molecule has 236 valence electrons. The summed E-state index contributed by atoms with van der Waals surface area (Å²) in [6, 6.07) is 52.1. The second-order valence-electron chi connectivity index (χ2n) is 11.9. The van der Waals surface area contributed by atoms with E-state index >= 15 is 0 Å². The first-order valence-electron chi connectivity index (χ1n) is 15.9. The van der Waals surface area contributed by atoms with Crippen LogP contribution in [-0.4, -0.2) is 45.5 Å². The van der Waals surface area contributed by atoms with Crippen molar-refractivity contribution in [3.05, 3.63) is 168 Å². The molecule has 0 aromatic heterocycles. The molecule has 0 spiro atoms. The second kappa shape index (κ2) is 15.6. The van der Waals surface area contributed by atoms with Crippen molar-refractivity contribution in [2.75, 3.05) is 7.11 Å². The maximum Gasteiger partial charge on any atom is 0.186 e. The van der Waals surface area contributed by atoms with E-state index in [1.54, 1.807) is 7.11 Å². The molecule has 6 rings (SSSR count). The normalized spacial score (nSPS) is 21.6. The van der Waals surface area contributed by atoms with Gasteiger partial charge in [0.05, 0.1) is 25.5 Å². The van der Waals surface area contributed by atoms with Crippen molar-refractivity contribution >= 4 is 18.4 Å². The quantitative estimate of drug-likeness (QED) is 0.138. The van der Waals surface area contributed by atoms with Crippen LogP contribution < -0.4 is 10.4 Å². The summed E-state index contributed by atoms with van der Waals surface area (Å²) < 4.78 is 33.8. The highest BCUT2D eigenvalue weighted by Gasteiger charge is 2.56. The molecule has 0 bridgehead atoms. The summed E-state index contributed by atoms with van der Waals surface area (Å²) in [5.41, 5.74) is 2.87. The predicted molar refractivity (Wildman–Crippen MR) is 184 cm³/mol. The zero-order chi connectivity index (χ0) is 31.6. The molecule has 5 aromatic rings. The number of hydrogen-bond donors (Lipinski definition) is 0. The molecule has 0 unspecified atom stereocenters. The van der Waals surface area contributed by atoms with Gasteiger partial charge in [0, 0.05) is 7.11 Å². The van der Waals surface area contributed by atoms with E-state index in [0.717, 1.165) is 16.7 Å². The lowest BCUT2D eigenvalue weighted by Gasteiger charge is -2.51. The van der Waals surface area contributed by atoms with E-state index in [0.29, 0.717) is 19.8 Å². The summed E-state index contributed by atoms with van der Waals surface area (Å²) in [7, 11) is -1.01. The zero-order valence-corrected chi connectivity index (χ0v) is 27.5. The van der Waals surface area contributed by atoms with Crippen molar-refractivity contribution in [3.63, 3.8) is 0 Å². The second-order valence-corrected chi connectivity index (χ2v) is 16.0. The summed E-state index contributed by atoms with van der Waals surface area (Å²) in [6.45, 7) is 3.57. The first-order valence-corrected chi connectivity index (χ1v) is 18.5. The fraction of sp³-hybridized carbons (Fsp3) is 0.250. The van der Waals surface area contributed by atoms with Gasteiger partial charge in [0.25, 0.3) is 0 Å². The Hall–Kier alpha value is -3.88. The van der Waals surface area contributed by atoms with Gasteiger partial charge in [0.15, 0.2) is 6.29 Å². The Morgan fingerprint density at radius 2 is 0.826 bits per heavy atom. The summed E-state index contributed by atoms with van der Waals surface area (Å²) in [5, 5.41) is 2.50. The highest BCUT2D eigenvalue weighted by atomic mass is 28.3. The lowest BCUT2D eigenvalue weighted by atomic mass is 10.0. The highest BCUT2D eigenvalue weighted by Crippen LogP contribution is 2.35. The third kappa shape index (κ3) is 7.39. The van der Waals surface area contributed by atoms with E-state index in [-0.39, 0.29) is 5.73 Å². The van der Waals surface area contributed by atoms with Crippen LogP contribution in [0.1, 0.15) is 16.7 Å². The molecular weight excluding hydrogens is 589 g/mol. The molecule has 0 saturated carbocycles. The molecule has 0 amide bonds. The van der Waals surface area contributed by atoms with Gasteiger partial charge in [-0.25, -0.2) is 0 Å². The molecule has 0 N–H and O–H groups in total. The maximum atomic E-state index is 7.10. The highest BCUT2D eigenvalue weighted by molar-refractivity contribution is 7.02. The van der Waals surface area contributed by atoms with Gasteiger partial charge >= 0.3 is 0 Å². The number of hydrogen-bond acceptors (Lipinski definition) is 5. The molecule has 46 heavy (non-hydrogen) atoms. The largest absolute Gasteiger partial charge is 0.368 e. The Labute approximate surface area is 273 Å². The van der Waals surface area contributed by atoms with E-state index in [9.17, 15) is 0 Å². The van der Waals surface area contributed by atoms with Crippen LogP contribution in [0, 0.1) is 0 Å². The van der Waals surface area contributed by atoms with Gasteiger partial charge in [-0.1, -0.05) is 169 Å². The summed E-state index contributed by atoms with van der Waals surface area (Å²) in [6.07, 6.45) is -2.18. The van der Waals surface area contributed by atoms with Gasteiger partial charge in [0.2, 0.25) is 0 Å². The average Bonchev–Trinajstić information content (AvgIpc) is 3.13. The Morgan fingerprint density at radius 1 is 0.478 bits per heavy atom. The zero-order valence-electron chi connectivity index (χ0n) is 26.5. The number of benzene rings is 5. The third-order valence-corrected chi connectivity index (χ3v) is 13.6. The summed E-state index contributed by atoms with van der Waals surface area (Å²) in [4.78, 5) is 0. The van der Waals surface area contributed by atoms with E-state index < -0.39 is 32.7 Å². The van der Waals surface area contributed by atoms with E-state index in [4.69, 9.17) is 23.7 Å². The van der Waals surface area contributed by atoms with Gasteiger partial charge in [-0.15, -0.1) is 0 Å². The van der Waals surface area contributed by atoms with Gasteiger partial charge in [-0.2, -0.15) is 0 Å². The van der Waals surface area contributed by atoms with Crippen molar-refractivity contribution in [1.82, 2.24) is 0 Å². The van der Waals surface area contributed by atoms with E-state index in [1.807, 2.05) is 54.6 Å². The van der Waals surface area contributed by atoms with Crippen LogP contribution in [0.5, 0.6) is 0 Å². The molecule has 6 heteroatoms. The van der Waals surface area contributed by atoms with E-state index in [2.05, 4.69) is 104 Å². The minimum Gasteiger partial charge on any atom is -0.368 e. The Kier molecular flexibility index (Phi) is 10.9. The smallest absolute Gasteiger partial charge is 0.186 e. The van der Waals surface area contributed by atoms with Gasteiger partial charge in [-0.3, -0.25) is 0 Å². The van der Waals surface area contributed by atoms with Crippen LogP contribution >= 0.6 is 0 Å². The van der Waals surface area contributed by atoms with Crippen molar-refractivity contribution in [2.45, 2.75) is 56.7 Å². The topological polar surface area (TPSA) is 46.2 Å². The van der Waals surface area contributed by atoms with Crippen LogP contribution in [-0.2, 0) is 43.5 Å². The maximum absolute atomic E-state index is 7.10. The van der Waals surface area contributed by atoms with Crippen molar-refractivity contribution in [2.24, 2.45) is 0 Å². The lowest BCUT2D eigenvalue weighted by Crippen LogP contribution is -2.74. The van der Waals surface area contributed by atoms with Crippen LogP contribution in [0.15, 0.2) is 152 Å². The van der Waals surface area contributed by atoms with Crippen LogP contribution in [0.25, 0.3) is 0 Å². The molecule has 0 radical (unpaired) electrons. The lowest BCUT2D eigenvalue weighted by molar-refractivity contribution is -0.304. The fourth-order valence-electron chi connectivity index (χ4n) is 6.38. The molecule has 5 aromatic carbocycles. The summed E-state index contributed by atoms with van der Waals surface area (Å²) >= 11 is 0. The van der Waals surface area contributed by atoms with Crippen LogP contribution in [0.3, 0.4) is 0 Å². The number of methoxy groups -OCH3 is 1. The number of rotatable bonds is 13. The molecule has 5 nitrogen and oxygen atoms in total. The molecule has 0 aliphatic carbocycles. The van der Waals surface area contributed by atoms with Gasteiger partial charge < -0.3 is 23.7 Å². The molecule has 1 aliphatic rings. The van der Waals surface area contributed by atoms with Crippen molar-refractivity contribution in [1.29, 1.82) is 0 Å². The molecule has 5 atom stereocenters.